The summed E-state index contributed by atoms with van der Waals surface area (Å²) in [6.07, 6.45) is 4.08. The SMILES string of the molecule is Cc1ccc(C)c(Oc2coc3cc(OC(=O)C=Cc4ccc(Cl)c(Cl)c4)ccc3c2=O)c1. The molecular weight excluding hydrogens is 463 g/mol. The summed E-state index contributed by atoms with van der Waals surface area (Å²) in [4.78, 5) is 25.0. The molecule has 5 nitrogen and oxygen atoms in total. The van der Waals surface area contributed by atoms with Crippen molar-refractivity contribution in [1.29, 1.82) is 0 Å². The van der Waals surface area contributed by atoms with Crippen molar-refractivity contribution in [3.05, 3.63) is 104 Å². The van der Waals surface area contributed by atoms with E-state index in [0.29, 0.717) is 26.7 Å². The van der Waals surface area contributed by atoms with Crippen LogP contribution in [0, 0.1) is 13.8 Å². The molecule has 0 amide bonds. The Hall–Kier alpha value is -3.54. The van der Waals surface area contributed by atoms with Crippen LogP contribution in [0.1, 0.15) is 16.7 Å². The van der Waals surface area contributed by atoms with E-state index in [-0.39, 0.29) is 22.5 Å². The molecule has 1 heterocycles. The van der Waals surface area contributed by atoms with E-state index in [2.05, 4.69) is 0 Å². The van der Waals surface area contributed by atoms with Gasteiger partial charge in [-0.05, 0) is 66.9 Å². The molecular formula is C26H18Cl2O5. The lowest BCUT2D eigenvalue weighted by Gasteiger charge is -2.09. The lowest BCUT2D eigenvalue weighted by atomic mass is 10.1. The molecule has 0 saturated carbocycles. The van der Waals surface area contributed by atoms with Crippen molar-refractivity contribution in [2.45, 2.75) is 13.8 Å². The Labute approximate surface area is 199 Å². The molecule has 0 N–H and O–H groups in total. The van der Waals surface area contributed by atoms with Gasteiger partial charge in [-0.2, -0.15) is 0 Å². The van der Waals surface area contributed by atoms with Crippen LogP contribution in [0.5, 0.6) is 17.2 Å². The Morgan fingerprint density at radius 2 is 1.76 bits per heavy atom. The van der Waals surface area contributed by atoms with Crippen LogP contribution >= 0.6 is 23.2 Å². The number of halogens is 2. The Bertz CT molecular complexity index is 1450. The van der Waals surface area contributed by atoms with E-state index in [4.69, 9.17) is 37.1 Å². The van der Waals surface area contributed by atoms with E-state index in [1.807, 2.05) is 32.0 Å². The summed E-state index contributed by atoms with van der Waals surface area (Å²) < 4.78 is 16.7. The predicted molar refractivity (Wildman–Crippen MR) is 130 cm³/mol. The third kappa shape index (κ3) is 5.28. The minimum absolute atomic E-state index is 0.0745. The van der Waals surface area contributed by atoms with Gasteiger partial charge in [-0.3, -0.25) is 4.79 Å². The number of aryl methyl sites for hydroxylation is 2. The topological polar surface area (TPSA) is 65.7 Å². The van der Waals surface area contributed by atoms with Crippen LogP contribution in [-0.2, 0) is 4.79 Å². The second kappa shape index (κ2) is 9.53. The van der Waals surface area contributed by atoms with E-state index in [1.165, 1.54) is 30.5 Å². The van der Waals surface area contributed by atoms with Gasteiger partial charge in [0.2, 0.25) is 11.2 Å². The van der Waals surface area contributed by atoms with Crippen molar-refractivity contribution in [2.75, 3.05) is 0 Å². The third-order valence-electron chi connectivity index (χ3n) is 4.85. The Kier molecular flexibility index (Phi) is 6.54. The smallest absolute Gasteiger partial charge is 0.336 e. The average Bonchev–Trinajstić information content (AvgIpc) is 2.79. The van der Waals surface area contributed by atoms with Gasteiger partial charge in [0.25, 0.3) is 0 Å². The van der Waals surface area contributed by atoms with Gasteiger partial charge in [0.05, 0.1) is 15.4 Å². The molecule has 0 fully saturated rings. The van der Waals surface area contributed by atoms with Gasteiger partial charge in [-0.25, -0.2) is 4.79 Å². The molecule has 0 radical (unpaired) electrons. The minimum atomic E-state index is -0.599. The van der Waals surface area contributed by atoms with E-state index in [9.17, 15) is 9.59 Å². The molecule has 0 spiro atoms. The standard InChI is InChI=1S/C26H18Cl2O5/c1-15-3-4-16(2)22(11-15)33-24-14-31-23-13-18(7-8-19(23)26(24)30)32-25(29)10-6-17-5-9-20(27)21(28)12-17/h3-14H,1-2H3. The number of rotatable bonds is 5. The molecule has 0 aliphatic heterocycles. The number of esters is 1. The zero-order valence-electron chi connectivity index (χ0n) is 17.7. The number of hydrogen-bond acceptors (Lipinski definition) is 5. The fraction of sp³-hybridized carbons (Fsp3) is 0.0769. The molecule has 0 atom stereocenters. The lowest BCUT2D eigenvalue weighted by molar-refractivity contribution is -0.128. The zero-order valence-corrected chi connectivity index (χ0v) is 19.2. The van der Waals surface area contributed by atoms with Crippen molar-refractivity contribution >= 4 is 46.2 Å². The summed E-state index contributed by atoms with van der Waals surface area (Å²) in [5.74, 6) is 0.293. The summed E-state index contributed by atoms with van der Waals surface area (Å²) in [5, 5.41) is 1.12. The Morgan fingerprint density at radius 3 is 2.55 bits per heavy atom. The highest BCUT2D eigenvalue weighted by Crippen LogP contribution is 2.27. The first kappa shape index (κ1) is 22.6. The van der Waals surface area contributed by atoms with Crippen molar-refractivity contribution in [3.8, 4) is 17.2 Å². The molecule has 0 unspecified atom stereocenters. The van der Waals surface area contributed by atoms with Crippen molar-refractivity contribution in [3.63, 3.8) is 0 Å². The molecule has 3 aromatic carbocycles. The number of carbonyl (C=O) groups is 1. The highest BCUT2D eigenvalue weighted by atomic mass is 35.5. The van der Waals surface area contributed by atoms with Gasteiger partial charge in [-0.15, -0.1) is 0 Å². The molecule has 33 heavy (non-hydrogen) atoms. The lowest BCUT2D eigenvalue weighted by Crippen LogP contribution is -2.07. The van der Waals surface area contributed by atoms with Crippen LogP contribution < -0.4 is 14.9 Å². The largest absolute Gasteiger partial charge is 0.460 e. The fourth-order valence-corrected chi connectivity index (χ4v) is 3.40. The number of hydrogen-bond donors (Lipinski definition) is 0. The summed E-state index contributed by atoms with van der Waals surface area (Å²) in [6, 6.07) is 15.3. The first-order chi connectivity index (χ1) is 15.8. The van der Waals surface area contributed by atoms with Crippen LogP contribution in [0.2, 0.25) is 10.0 Å². The van der Waals surface area contributed by atoms with Gasteiger partial charge in [0.15, 0.2) is 0 Å². The summed E-state index contributed by atoms with van der Waals surface area (Å²) in [5.41, 5.74) is 2.56. The molecule has 0 aliphatic carbocycles. The van der Waals surface area contributed by atoms with Gasteiger partial charge < -0.3 is 13.9 Å². The first-order valence-electron chi connectivity index (χ1n) is 9.96. The highest BCUT2D eigenvalue weighted by Gasteiger charge is 2.12. The zero-order chi connectivity index (χ0) is 23.5. The Balaban J connectivity index is 1.52. The summed E-state index contributed by atoms with van der Waals surface area (Å²) in [6.45, 7) is 3.84. The van der Waals surface area contributed by atoms with Crippen molar-refractivity contribution in [1.82, 2.24) is 0 Å². The molecule has 4 rings (SSSR count). The molecule has 0 bridgehead atoms. The van der Waals surface area contributed by atoms with Crippen molar-refractivity contribution in [2.24, 2.45) is 0 Å². The summed E-state index contributed by atoms with van der Waals surface area (Å²) in [7, 11) is 0. The maximum absolute atomic E-state index is 12.8. The maximum Gasteiger partial charge on any atom is 0.336 e. The van der Waals surface area contributed by atoms with Gasteiger partial charge in [0.1, 0.15) is 23.3 Å². The number of fused-ring (bicyclic) bond motifs is 1. The third-order valence-corrected chi connectivity index (χ3v) is 5.59. The molecule has 0 saturated heterocycles. The molecule has 4 aromatic rings. The van der Waals surface area contributed by atoms with Gasteiger partial charge in [-0.1, -0.05) is 41.4 Å². The van der Waals surface area contributed by atoms with Crippen LogP contribution in [0.3, 0.4) is 0 Å². The van der Waals surface area contributed by atoms with E-state index < -0.39 is 5.97 Å². The normalized spacial score (nSPS) is 11.2. The Morgan fingerprint density at radius 1 is 0.939 bits per heavy atom. The maximum atomic E-state index is 12.8. The fourth-order valence-electron chi connectivity index (χ4n) is 3.09. The molecule has 7 heteroatoms. The number of carbonyl (C=O) groups excluding carboxylic acids is 1. The van der Waals surface area contributed by atoms with Crippen molar-refractivity contribution < 1.29 is 18.7 Å². The van der Waals surface area contributed by atoms with E-state index >= 15 is 0 Å². The molecule has 0 aliphatic rings. The molecule has 166 valence electrons. The predicted octanol–water partition coefficient (Wildman–Crippen LogP) is 7.13. The van der Waals surface area contributed by atoms with Crippen LogP contribution in [0.15, 0.2) is 76.1 Å². The number of ether oxygens (including phenoxy) is 2. The monoisotopic (exact) mass is 480 g/mol. The van der Waals surface area contributed by atoms with Crippen LogP contribution in [0.4, 0.5) is 0 Å². The molecule has 1 aromatic heterocycles. The van der Waals surface area contributed by atoms with E-state index in [1.54, 1.807) is 24.3 Å². The average molecular weight is 481 g/mol. The summed E-state index contributed by atoms with van der Waals surface area (Å²) >= 11 is 11.9. The van der Waals surface area contributed by atoms with E-state index in [0.717, 1.165) is 11.1 Å². The number of benzene rings is 3. The minimum Gasteiger partial charge on any atom is -0.460 e. The second-order valence-electron chi connectivity index (χ2n) is 7.39. The van der Waals surface area contributed by atoms with Crippen LogP contribution in [0.25, 0.3) is 17.0 Å². The second-order valence-corrected chi connectivity index (χ2v) is 8.20. The van der Waals surface area contributed by atoms with Gasteiger partial charge >= 0.3 is 5.97 Å². The first-order valence-corrected chi connectivity index (χ1v) is 10.7. The van der Waals surface area contributed by atoms with Gasteiger partial charge in [0, 0.05) is 12.1 Å². The van der Waals surface area contributed by atoms with Crippen LogP contribution in [-0.4, -0.2) is 5.97 Å². The highest BCUT2D eigenvalue weighted by molar-refractivity contribution is 6.42. The quantitative estimate of drug-likeness (QED) is 0.172.